The maximum atomic E-state index is 12.2. The van der Waals surface area contributed by atoms with Crippen molar-refractivity contribution in [1.82, 2.24) is 14.5 Å². The van der Waals surface area contributed by atoms with Gasteiger partial charge in [0.2, 0.25) is 0 Å². The summed E-state index contributed by atoms with van der Waals surface area (Å²) in [4.78, 5) is 29.8. The van der Waals surface area contributed by atoms with Gasteiger partial charge in [-0.25, -0.2) is 4.98 Å². The lowest BCUT2D eigenvalue weighted by Gasteiger charge is -2.27. The third-order valence-corrected chi connectivity index (χ3v) is 3.55. The van der Waals surface area contributed by atoms with Crippen LogP contribution in [0.1, 0.15) is 11.3 Å². The molecule has 0 bridgehead atoms. The van der Waals surface area contributed by atoms with E-state index < -0.39 is 11.8 Å². The molecule has 1 aliphatic heterocycles. The number of imidazole rings is 1. The van der Waals surface area contributed by atoms with Crippen molar-refractivity contribution in [3.05, 3.63) is 48.0 Å². The van der Waals surface area contributed by atoms with Crippen LogP contribution in [0.5, 0.6) is 0 Å². The van der Waals surface area contributed by atoms with E-state index in [1.165, 1.54) is 0 Å². The second-order valence-electron chi connectivity index (χ2n) is 5.13. The Morgan fingerprint density at radius 3 is 2.71 bits per heavy atom. The highest BCUT2D eigenvalue weighted by Gasteiger charge is 2.25. The Hall–Kier alpha value is -2.63. The first kappa shape index (κ1) is 13.4. The van der Waals surface area contributed by atoms with Crippen molar-refractivity contribution in [3.8, 4) is 0 Å². The first-order valence-corrected chi connectivity index (χ1v) is 6.79. The van der Waals surface area contributed by atoms with E-state index in [1.807, 2.05) is 23.6 Å². The second-order valence-corrected chi connectivity index (χ2v) is 5.13. The molecule has 2 heterocycles. The van der Waals surface area contributed by atoms with Crippen molar-refractivity contribution in [1.29, 1.82) is 0 Å². The van der Waals surface area contributed by atoms with Crippen LogP contribution in [0.25, 0.3) is 0 Å². The molecule has 6 nitrogen and oxygen atoms in total. The summed E-state index contributed by atoms with van der Waals surface area (Å²) in [7, 11) is 0. The lowest BCUT2D eigenvalue weighted by Crippen LogP contribution is -2.43. The number of nitrogens with zero attached hydrogens (tertiary/aromatic N) is 3. The number of nitrogens with one attached hydrogen (secondary N) is 1. The zero-order valence-corrected chi connectivity index (χ0v) is 11.7. The molecule has 21 heavy (non-hydrogen) atoms. The molecule has 2 aromatic rings. The number of amides is 2. The van der Waals surface area contributed by atoms with Gasteiger partial charge in [-0.1, -0.05) is 17.7 Å². The average Bonchev–Trinajstić information content (AvgIpc) is 2.96. The van der Waals surface area contributed by atoms with Crippen molar-refractivity contribution in [2.75, 3.05) is 11.9 Å². The summed E-state index contributed by atoms with van der Waals surface area (Å²) in [6, 6.07) is 7.34. The van der Waals surface area contributed by atoms with Gasteiger partial charge in [-0.2, -0.15) is 0 Å². The summed E-state index contributed by atoms with van der Waals surface area (Å²) in [6.07, 6.45) is 3.46. The van der Waals surface area contributed by atoms with E-state index in [9.17, 15) is 9.59 Å². The fourth-order valence-corrected chi connectivity index (χ4v) is 2.32. The Morgan fingerprint density at radius 2 is 1.95 bits per heavy atom. The molecular formula is C15H16N4O2. The fourth-order valence-electron chi connectivity index (χ4n) is 2.32. The minimum absolute atomic E-state index is 0.417. The number of carbonyl (C=O) groups excluding carboxylic acids is 2. The van der Waals surface area contributed by atoms with Crippen LogP contribution in [0.4, 0.5) is 5.69 Å². The molecule has 3 rings (SSSR count). The number of hydrogen-bond donors (Lipinski definition) is 1. The van der Waals surface area contributed by atoms with E-state index in [2.05, 4.69) is 10.3 Å². The zero-order valence-electron chi connectivity index (χ0n) is 11.7. The summed E-state index contributed by atoms with van der Waals surface area (Å²) in [5.41, 5.74) is 2.67. The smallest absolute Gasteiger partial charge is 0.313 e. The van der Waals surface area contributed by atoms with Gasteiger partial charge in [0.15, 0.2) is 0 Å². The standard InChI is InChI=1S/C15H16N4O2/c1-11-2-4-12(5-3-11)17-14(20)15(21)18-6-7-19-10-16-8-13(19)9-18/h2-5,8,10H,6-7,9H2,1H3,(H,17,20). The molecule has 108 valence electrons. The molecule has 0 atom stereocenters. The Balaban J connectivity index is 1.65. The largest absolute Gasteiger partial charge is 0.331 e. The van der Waals surface area contributed by atoms with Crippen molar-refractivity contribution < 1.29 is 9.59 Å². The number of aromatic nitrogens is 2. The molecule has 1 aliphatic rings. The lowest BCUT2D eigenvalue weighted by atomic mass is 10.2. The van der Waals surface area contributed by atoms with Gasteiger partial charge in [-0.05, 0) is 19.1 Å². The number of fused-ring (bicyclic) bond motifs is 1. The van der Waals surface area contributed by atoms with Crippen LogP contribution < -0.4 is 5.32 Å². The minimum Gasteiger partial charge on any atom is -0.331 e. The lowest BCUT2D eigenvalue weighted by molar-refractivity contribution is -0.144. The van der Waals surface area contributed by atoms with Gasteiger partial charge < -0.3 is 14.8 Å². The minimum atomic E-state index is -0.605. The van der Waals surface area contributed by atoms with Crippen molar-refractivity contribution >= 4 is 17.5 Å². The van der Waals surface area contributed by atoms with E-state index in [0.29, 0.717) is 25.3 Å². The van der Waals surface area contributed by atoms with Gasteiger partial charge in [0.05, 0.1) is 18.6 Å². The van der Waals surface area contributed by atoms with Crippen LogP contribution in [-0.2, 0) is 22.7 Å². The summed E-state index contributed by atoms with van der Waals surface area (Å²) in [5, 5.41) is 2.63. The van der Waals surface area contributed by atoms with E-state index in [0.717, 1.165) is 11.3 Å². The van der Waals surface area contributed by atoms with Gasteiger partial charge >= 0.3 is 11.8 Å². The molecule has 1 aromatic carbocycles. The predicted octanol–water partition coefficient (Wildman–Crippen LogP) is 1.17. The Labute approximate surface area is 122 Å². The van der Waals surface area contributed by atoms with Gasteiger partial charge in [0.25, 0.3) is 0 Å². The zero-order chi connectivity index (χ0) is 14.8. The van der Waals surface area contributed by atoms with E-state index in [4.69, 9.17) is 0 Å². The molecule has 0 unspecified atom stereocenters. The summed E-state index contributed by atoms with van der Waals surface area (Å²) in [6.45, 7) is 3.57. The molecule has 1 N–H and O–H groups in total. The Bertz CT molecular complexity index is 675. The summed E-state index contributed by atoms with van der Waals surface area (Å²) >= 11 is 0. The van der Waals surface area contributed by atoms with Gasteiger partial charge in [-0.3, -0.25) is 9.59 Å². The van der Waals surface area contributed by atoms with Crippen molar-refractivity contribution in [3.63, 3.8) is 0 Å². The summed E-state index contributed by atoms with van der Waals surface area (Å²) in [5.74, 6) is -1.12. The molecule has 0 saturated carbocycles. The molecule has 0 aliphatic carbocycles. The van der Waals surface area contributed by atoms with Gasteiger partial charge in [0, 0.05) is 25.0 Å². The SMILES string of the molecule is Cc1ccc(NC(=O)C(=O)N2CCn3cncc3C2)cc1. The maximum Gasteiger partial charge on any atom is 0.313 e. The first-order valence-electron chi connectivity index (χ1n) is 6.79. The van der Waals surface area contributed by atoms with Crippen LogP contribution >= 0.6 is 0 Å². The summed E-state index contributed by atoms with van der Waals surface area (Å²) < 4.78 is 1.99. The van der Waals surface area contributed by atoms with Crippen LogP contribution in [0, 0.1) is 6.92 Å². The molecule has 0 spiro atoms. The fraction of sp³-hybridized carbons (Fsp3) is 0.267. The molecular weight excluding hydrogens is 268 g/mol. The van der Waals surface area contributed by atoms with Crippen LogP contribution in [-0.4, -0.2) is 32.8 Å². The normalized spacial score (nSPS) is 13.7. The highest BCUT2D eigenvalue weighted by Crippen LogP contribution is 2.13. The topological polar surface area (TPSA) is 67.2 Å². The number of aryl methyl sites for hydroxylation is 1. The molecule has 2 amide bonds. The van der Waals surface area contributed by atoms with E-state index >= 15 is 0 Å². The van der Waals surface area contributed by atoms with Gasteiger partial charge in [0.1, 0.15) is 0 Å². The molecule has 0 saturated heterocycles. The molecule has 1 aromatic heterocycles. The van der Waals surface area contributed by atoms with Crippen LogP contribution in [0.2, 0.25) is 0 Å². The molecule has 0 fully saturated rings. The average molecular weight is 284 g/mol. The third kappa shape index (κ3) is 2.79. The number of benzene rings is 1. The Morgan fingerprint density at radius 1 is 1.19 bits per heavy atom. The van der Waals surface area contributed by atoms with Crippen LogP contribution in [0.15, 0.2) is 36.8 Å². The number of carbonyl (C=O) groups is 2. The highest BCUT2D eigenvalue weighted by molar-refractivity contribution is 6.39. The first-order chi connectivity index (χ1) is 10.1. The number of rotatable bonds is 1. The van der Waals surface area contributed by atoms with Crippen molar-refractivity contribution in [2.24, 2.45) is 0 Å². The number of hydrogen-bond acceptors (Lipinski definition) is 3. The predicted molar refractivity (Wildman–Crippen MR) is 77.5 cm³/mol. The Kier molecular flexibility index (Phi) is 3.43. The second kappa shape index (κ2) is 5.40. The quantitative estimate of drug-likeness (QED) is 0.799. The van der Waals surface area contributed by atoms with E-state index in [1.54, 1.807) is 29.6 Å². The highest BCUT2D eigenvalue weighted by atomic mass is 16.2. The monoisotopic (exact) mass is 284 g/mol. The number of anilines is 1. The van der Waals surface area contributed by atoms with Gasteiger partial charge in [-0.15, -0.1) is 0 Å². The van der Waals surface area contributed by atoms with Crippen LogP contribution in [0.3, 0.4) is 0 Å². The molecule has 6 heteroatoms. The molecule has 0 radical (unpaired) electrons. The van der Waals surface area contributed by atoms with Crippen molar-refractivity contribution in [2.45, 2.75) is 20.0 Å². The maximum absolute atomic E-state index is 12.2. The van der Waals surface area contributed by atoms with E-state index in [-0.39, 0.29) is 0 Å². The third-order valence-electron chi connectivity index (χ3n) is 3.55.